The second-order valence-electron chi connectivity index (χ2n) is 5.21. The second kappa shape index (κ2) is 6.27. The Kier molecular flexibility index (Phi) is 4.41. The van der Waals surface area contributed by atoms with Crippen molar-refractivity contribution in [2.45, 2.75) is 13.0 Å². The summed E-state index contributed by atoms with van der Waals surface area (Å²) in [6.07, 6.45) is 0. The third-order valence-corrected chi connectivity index (χ3v) is 5.17. The van der Waals surface area contributed by atoms with Crippen LogP contribution in [0.5, 0.6) is 0 Å². The van der Waals surface area contributed by atoms with Crippen LogP contribution in [-0.4, -0.2) is 31.1 Å². The molecule has 3 rings (SSSR count). The molecule has 0 bridgehead atoms. The smallest absolute Gasteiger partial charge is 0.0697 e. The molecule has 2 heterocycles. The maximum absolute atomic E-state index is 6.33. The van der Waals surface area contributed by atoms with E-state index in [0.29, 0.717) is 6.04 Å². The summed E-state index contributed by atoms with van der Waals surface area (Å²) in [6, 6.07) is 11.2. The van der Waals surface area contributed by atoms with Crippen LogP contribution < -0.4 is 5.32 Å². The van der Waals surface area contributed by atoms with Gasteiger partial charge in [-0.25, -0.2) is 0 Å². The SMILES string of the molecule is Cc1ccc([C@H](c2cccs2)N2CCNCC2)cc1Cl. The number of nitrogens with zero attached hydrogens (tertiary/aromatic N) is 1. The molecule has 1 N–H and O–H groups in total. The van der Waals surface area contributed by atoms with Crippen LogP contribution in [-0.2, 0) is 0 Å². The Balaban J connectivity index is 1.98. The van der Waals surface area contributed by atoms with Gasteiger partial charge in [-0.15, -0.1) is 11.3 Å². The molecule has 4 heteroatoms. The quantitative estimate of drug-likeness (QED) is 0.930. The minimum atomic E-state index is 0.329. The fourth-order valence-corrected chi connectivity index (χ4v) is 3.80. The number of rotatable bonds is 3. The van der Waals surface area contributed by atoms with Crippen molar-refractivity contribution in [2.75, 3.05) is 26.2 Å². The van der Waals surface area contributed by atoms with Crippen molar-refractivity contribution < 1.29 is 0 Å². The van der Waals surface area contributed by atoms with Crippen molar-refractivity contribution in [3.8, 4) is 0 Å². The Bertz CT molecular complexity index is 562. The fourth-order valence-electron chi connectivity index (χ4n) is 2.72. The van der Waals surface area contributed by atoms with Crippen molar-refractivity contribution in [3.05, 3.63) is 56.7 Å². The maximum Gasteiger partial charge on any atom is 0.0697 e. The van der Waals surface area contributed by atoms with Gasteiger partial charge in [-0.1, -0.05) is 29.8 Å². The van der Waals surface area contributed by atoms with Gasteiger partial charge in [0.2, 0.25) is 0 Å². The van der Waals surface area contributed by atoms with Crippen LogP contribution in [0.25, 0.3) is 0 Å². The zero-order valence-corrected chi connectivity index (χ0v) is 13.2. The summed E-state index contributed by atoms with van der Waals surface area (Å²) in [5.74, 6) is 0. The average molecular weight is 307 g/mol. The highest BCUT2D eigenvalue weighted by Gasteiger charge is 2.24. The van der Waals surface area contributed by atoms with E-state index in [1.54, 1.807) is 0 Å². The summed E-state index contributed by atoms with van der Waals surface area (Å²) >= 11 is 8.16. The van der Waals surface area contributed by atoms with Crippen LogP contribution >= 0.6 is 22.9 Å². The van der Waals surface area contributed by atoms with E-state index in [9.17, 15) is 0 Å². The minimum absolute atomic E-state index is 0.329. The number of halogens is 1. The van der Waals surface area contributed by atoms with Crippen molar-refractivity contribution in [1.82, 2.24) is 10.2 Å². The van der Waals surface area contributed by atoms with Gasteiger partial charge in [0.05, 0.1) is 6.04 Å². The molecule has 1 fully saturated rings. The summed E-state index contributed by atoms with van der Waals surface area (Å²) in [5, 5.41) is 6.44. The van der Waals surface area contributed by atoms with Gasteiger partial charge in [0.25, 0.3) is 0 Å². The first-order valence-corrected chi connectivity index (χ1v) is 8.25. The van der Waals surface area contributed by atoms with Gasteiger partial charge < -0.3 is 5.32 Å². The summed E-state index contributed by atoms with van der Waals surface area (Å²) in [6.45, 7) is 6.32. The van der Waals surface area contributed by atoms with Crippen molar-refractivity contribution in [1.29, 1.82) is 0 Å². The molecule has 0 aliphatic carbocycles. The largest absolute Gasteiger partial charge is 0.314 e. The van der Waals surface area contributed by atoms with Gasteiger partial charge in [0, 0.05) is 36.1 Å². The summed E-state index contributed by atoms with van der Waals surface area (Å²) in [4.78, 5) is 3.94. The number of benzene rings is 1. The van der Waals surface area contributed by atoms with E-state index in [2.05, 4.69) is 52.9 Å². The van der Waals surface area contributed by atoms with Crippen molar-refractivity contribution in [3.63, 3.8) is 0 Å². The lowest BCUT2D eigenvalue weighted by atomic mass is 10.0. The zero-order valence-electron chi connectivity index (χ0n) is 11.6. The van der Waals surface area contributed by atoms with Crippen LogP contribution in [0.15, 0.2) is 35.7 Å². The van der Waals surface area contributed by atoms with Gasteiger partial charge in [0.1, 0.15) is 0 Å². The molecule has 1 atom stereocenters. The van der Waals surface area contributed by atoms with Gasteiger partial charge in [0.15, 0.2) is 0 Å². The standard InChI is InChI=1S/C16H19ClN2S/c1-12-4-5-13(11-14(12)17)16(15-3-2-10-20-15)19-8-6-18-7-9-19/h2-5,10-11,16,18H,6-9H2,1H3/t16-/m1/s1. The molecule has 20 heavy (non-hydrogen) atoms. The molecule has 0 unspecified atom stereocenters. The Morgan fingerprint density at radius 2 is 2.05 bits per heavy atom. The molecule has 1 aliphatic rings. The molecule has 1 saturated heterocycles. The van der Waals surface area contributed by atoms with Gasteiger partial charge in [-0.3, -0.25) is 4.90 Å². The van der Waals surface area contributed by atoms with Crippen LogP contribution in [0, 0.1) is 6.92 Å². The van der Waals surface area contributed by atoms with E-state index in [4.69, 9.17) is 11.6 Å². The van der Waals surface area contributed by atoms with Gasteiger partial charge >= 0.3 is 0 Å². The molecule has 1 aromatic heterocycles. The Labute approximate surface area is 129 Å². The highest BCUT2D eigenvalue weighted by Crippen LogP contribution is 2.33. The van der Waals surface area contributed by atoms with Crippen molar-refractivity contribution in [2.24, 2.45) is 0 Å². The number of aryl methyl sites for hydroxylation is 1. The topological polar surface area (TPSA) is 15.3 Å². The maximum atomic E-state index is 6.33. The molecule has 0 amide bonds. The molecule has 1 aromatic carbocycles. The number of nitrogens with one attached hydrogen (secondary N) is 1. The molecule has 0 radical (unpaired) electrons. The van der Waals surface area contributed by atoms with Gasteiger partial charge in [-0.2, -0.15) is 0 Å². The predicted octanol–water partition coefficient (Wildman–Crippen LogP) is 3.70. The number of thiophene rings is 1. The highest BCUT2D eigenvalue weighted by molar-refractivity contribution is 7.10. The lowest BCUT2D eigenvalue weighted by molar-refractivity contribution is 0.200. The van der Waals surface area contributed by atoms with E-state index in [1.165, 1.54) is 10.4 Å². The molecule has 2 nitrogen and oxygen atoms in total. The first-order valence-electron chi connectivity index (χ1n) is 7.00. The van der Waals surface area contributed by atoms with E-state index >= 15 is 0 Å². The first kappa shape index (κ1) is 14.1. The average Bonchev–Trinajstić information content (AvgIpc) is 2.98. The normalized spacial score (nSPS) is 18.1. The van der Waals surface area contributed by atoms with Crippen LogP contribution in [0.1, 0.15) is 22.0 Å². The molecule has 0 saturated carbocycles. The zero-order chi connectivity index (χ0) is 13.9. The molecular formula is C16H19ClN2S. The van der Waals surface area contributed by atoms with E-state index in [-0.39, 0.29) is 0 Å². The molecule has 2 aromatic rings. The third-order valence-electron chi connectivity index (χ3n) is 3.84. The molecule has 0 spiro atoms. The minimum Gasteiger partial charge on any atom is -0.314 e. The van der Waals surface area contributed by atoms with E-state index < -0.39 is 0 Å². The van der Waals surface area contributed by atoms with Crippen LogP contribution in [0.3, 0.4) is 0 Å². The van der Waals surface area contributed by atoms with E-state index in [0.717, 1.165) is 36.8 Å². The fraction of sp³-hybridized carbons (Fsp3) is 0.375. The van der Waals surface area contributed by atoms with Gasteiger partial charge in [-0.05, 0) is 35.6 Å². The first-order chi connectivity index (χ1) is 9.75. The lowest BCUT2D eigenvalue weighted by Gasteiger charge is -2.35. The van der Waals surface area contributed by atoms with Crippen LogP contribution in [0.2, 0.25) is 5.02 Å². The third kappa shape index (κ3) is 2.91. The van der Waals surface area contributed by atoms with Crippen molar-refractivity contribution >= 4 is 22.9 Å². The molecule has 106 valence electrons. The summed E-state index contributed by atoms with van der Waals surface area (Å²) < 4.78 is 0. The second-order valence-corrected chi connectivity index (χ2v) is 6.60. The van der Waals surface area contributed by atoms with E-state index in [1.807, 2.05) is 11.3 Å². The number of hydrogen-bond donors (Lipinski definition) is 1. The Morgan fingerprint density at radius 3 is 2.70 bits per heavy atom. The number of piperazine rings is 1. The Morgan fingerprint density at radius 1 is 1.25 bits per heavy atom. The molecular weight excluding hydrogens is 288 g/mol. The van der Waals surface area contributed by atoms with Crippen LogP contribution in [0.4, 0.5) is 0 Å². The highest BCUT2D eigenvalue weighted by atomic mass is 35.5. The lowest BCUT2D eigenvalue weighted by Crippen LogP contribution is -2.45. The molecule has 1 aliphatic heterocycles. The number of hydrogen-bond acceptors (Lipinski definition) is 3. The summed E-state index contributed by atoms with van der Waals surface area (Å²) in [5.41, 5.74) is 2.44. The summed E-state index contributed by atoms with van der Waals surface area (Å²) in [7, 11) is 0. The predicted molar refractivity (Wildman–Crippen MR) is 86.8 cm³/mol. The monoisotopic (exact) mass is 306 g/mol. The Hall–Kier alpha value is -0.870.